The Morgan fingerprint density at radius 1 is 1.21 bits per heavy atom. The number of hydrogen-bond donors (Lipinski definition) is 0. The second-order valence-corrected chi connectivity index (χ2v) is 12.1. The Morgan fingerprint density at radius 2 is 1.93 bits per heavy atom. The lowest BCUT2D eigenvalue weighted by Gasteiger charge is -2.10. The zero-order valence-electron chi connectivity index (χ0n) is 6.82. The molecule has 0 spiro atoms. The van der Waals surface area contributed by atoms with Crippen LogP contribution in [0.2, 0.25) is 0 Å². The van der Waals surface area contributed by atoms with Gasteiger partial charge in [-0.3, -0.25) is 0 Å². The zero-order chi connectivity index (χ0) is 10.2. The molecule has 0 saturated heterocycles. The molecule has 14 heavy (non-hydrogen) atoms. The van der Waals surface area contributed by atoms with Gasteiger partial charge >= 0.3 is 0 Å². The third-order valence-corrected chi connectivity index (χ3v) is 3.61. The standard InChI is InChI=1S/C8H5Br3N2S/c9-8(10,11)14-13-7-4-2-1-3-6(7)5-12-13/h1-5H. The molecule has 1 aromatic heterocycles. The van der Waals surface area contributed by atoms with Gasteiger partial charge in [-0.15, -0.1) is 0 Å². The van der Waals surface area contributed by atoms with E-state index in [2.05, 4.69) is 52.9 Å². The molecule has 1 aromatic carbocycles. The average molecular weight is 401 g/mol. The van der Waals surface area contributed by atoms with Crippen LogP contribution in [0, 0.1) is 0 Å². The molecule has 2 aromatic rings. The number of benzene rings is 1. The van der Waals surface area contributed by atoms with Gasteiger partial charge in [-0.05, 0) is 53.9 Å². The van der Waals surface area contributed by atoms with Crippen molar-refractivity contribution >= 4 is 70.6 Å². The second kappa shape index (κ2) is 4.15. The molecule has 0 radical (unpaired) electrons. The molecule has 1 heterocycles. The fraction of sp³-hybridized carbons (Fsp3) is 0.125. The lowest BCUT2D eigenvalue weighted by molar-refractivity contribution is 1.04. The van der Waals surface area contributed by atoms with E-state index in [0.717, 1.165) is 10.9 Å². The van der Waals surface area contributed by atoms with Gasteiger partial charge in [-0.1, -0.05) is 18.2 Å². The Hall–Kier alpha value is 0.480. The van der Waals surface area contributed by atoms with E-state index in [0.29, 0.717) is 0 Å². The van der Waals surface area contributed by atoms with Crippen molar-refractivity contribution in [1.82, 2.24) is 9.19 Å². The molecule has 74 valence electrons. The van der Waals surface area contributed by atoms with Crippen LogP contribution in [0.5, 0.6) is 0 Å². The molecule has 2 rings (SSSR count). The van der Waals surface area contributed by atoms with E-state index < -0.39 is 0 Å². The molecule has 0 saturated carbocycles. The summed E-state index contributed by atoms with van der Waals surface area (Å²) in [5, 5.41) is 5.41. The maximum atomic E-state index is 4.27. The van der Waals surface area contributed by atoms with Gasteiger partial charge in [0.25, 0.3) is 0 Å². The van der Waals surface area contributed by atoms with Crippen molar-refractivity contribution in [2.75, 3.05) is 0 Å². The van der Waals surface area contributed by atoms with Crippen LogP contribution < -0.4 is 0 Å². The minimum absolute atomic E-state index is 0.373. The number of aromatic nitrogens is 2. The number of nitrogens with zero attached hydrogens (tertiary/aromatic N) is 2. The van der Waals surface area contributed by atoms with Crippen LogP contribution in [-0.2, 0) is 0 Å². The first-order valence-corrected chi connectivity index (χ1v) is 6.90. The Kier molecular flexibility index (Phi) is 3.26. The van der Waals surface area contributed by atoms with E-state index >= 15 is 0 Å². The second-order valence-electron chi connectivity index (χ2n) is 2.61. The van der Waals surface area contributed by atoms with Crippen LogP contribution in [0.25, 0.3) is 10.9 Å². The largest absolute Gasteiger partial charge is 0.203 e. The van der Waals surface area contributed by atoms with Crippen molar-refractivity contribution in [3.8, 4) is 0 Å². The smallest absolute Gasteiger partial charge is 0.200 e. The molecule has 0 aliphatic rings. The predicted molar refractivity (Wildman–Crippen MR) is 72.2 cm³/mol. The average Bonchev–Trinajstić information content (AvgIpc) is 2.47. The van der Waals surface area contributed by atoms with Gasteiger partial charge < -0.3 is 0 Å². The van der Waals surface area contributed by atoms with E-state index in [-0.39, 0.29) is 1.47 Å². The third-order valence-electron chi connectivity index (χ3n) is 1.63. The predicted octanol–water partition coefficient (Wildman–Crippen LogP) is 4.33. The number of rotatable bonds is 1. The summed E-state index contributed by atoms with van der Waals surface area (Å²) in [5.41, 5.74) is 1.10. The molecule has 6 heteroatoms. The van der Waals surface area contributed by atoms with Crippen molar-refractivity contribution in [3.63, 3.8) is 0 Å². The summed E-state index contributed by atoms with van der Waals surface area (Å²) in [5.74, 6) is 0. The molecular formula is C8H5Br3N2S. The van der Waals surface area contributed by atoms with Gasteiger partial charge in [0.05, 0.1) is 11.7 Å². The highest BCUT2D eigenvalue weighted by molar-refractivity contribution is 9.42. The van der Waals surface area contributed by atoms with Crippen LogP contribution in [0.3, 0.4) is 0 Å². The van der Waals surface area contributed by atoms with E-state index in [1.807, 2.05) is 34.5 Å². The van der Waals surface area contributed by atoms with Gasteiger partial charge in [0.1, 0.15) is 0 Å². The van der Waals surface area contributed by atoms with E-state index in [1.54, 1.807) is 0 Å². The van der Waals surface area contributed by atoms with E-state index in [9.17, 15) is 0 Å². The monoisotopic (exact) mass is 398 g/mol. The van der Waals surface area contributed by atoms with Gasteiger partial charge in [0, 0.05) is 17.3 Å². The lowest BCUT2D eigenvalue weighted by Crippen LogP contribution is -1.99. The summed E-state index contributed by atoms with van der Waals surface area (Å²) in [6.45, 7) is 0. The fourth-order valence-electron chi connectivity index (χ4n) is 1.12. The molecule has 0 unspecified atom stereocenters. The van der Waals surface area contributed by atoms with E-state index in [1.165, 1.54) is 11.9 Å². The van der Waals surface area contributed by atoms with Gasteiger partial charge in [-0.2, -0.15) is 5.10 Å². The highest BCUT2D eigenvalue weighted by Crippen LogP contribution is 2.45. The molecule has 0 aliphatic carbocycles. The number of fused-ring (bicyclic) bond motifs is 1. The highest BCUT2D eigenvalue weighted by Gasteiger charge is 2.21. The van der Waals surface area contributed by atoms with Crippen molar-refractivity contribution < 1.29 is 0 Å². The SMILES string of the molecule is BrC(Br)(Br)Sn1ncc2ccccc21. The van der Waals surface area contributed by atoms with Crippen LogP contribution in [0.4, 0.5) is 0 Å². The maximum Gasteiger partial charge on any atom is 0.200 e. The Bertz CT molecular complexity index is 449. The molecule has 0 atom stereocenters. The zero-order valence-corrected chi connectivity index (χ0v) is 12.4. The quantitative estimate of drug-likeness (QED) is 0.663. The summed E-state index contributed by atoms with van der Waals surface area (Å²) in [4.78, 5) is 0. The normalized spacial score (nSPS) is 12.2. The van der Waals surface area contributed by atoms with E-state index in [4.69, 9.17) is 0 Å². The van der Waals surface area contributed by atoms with Crippen LogP contribution in [0.1, 0.15) is 0 Å². The molecule has 0 aliphatic heterocycles. The van der Waals surface area contributed by atoms with Gasteiger partial charge in [0.2, 0.25) is 1.47 Å². The Morgan fingerprint density at radius 3 is 2.64 bits per heavy atom. The lowest BCUT2D eigenvalue weighted by atomic mass is 10.3. The summed E-state index contributed by atoms with van der Waals surface area (Å²) >= 11 is 11.8. The van der Waals surface area contributed by atoms with Gasteiger partial charge in [-0.25, -0.2) is 4.09 Å². The molecular weight excluding hydrogens is 396 g/mol. The van der Waals surface area contributed by atoms with Crippen molar-refractivity contribution in [1.29, 1.82) is 0 Å². The van der Waals surface area contributed by atoms with Crippen molar-refractivity contribution in [2.45, 2.75) is 1.47 Å². The van der Waals surface area contributed by atoms with Crippen LogP contribution in [0.15, 0.2) is 30.5 Å². The molecule has 0 N–H and O–H groups in total. The summed E-state index contributed by atoms with van der Waals surface area (Å²) in [6, 6.07) is 8.08. The summed E-state index contributed by atoms with van der Waals surface area (Å²) < 4.78 is 1.48. The topological polar surface area (TPSA) is 17.8 Å². The Balaban J connectivity index is 2.44. The molecule has 0 fully saturated rings. The fourth-order valence-corrected chi connectivity index (χ4v) is 2.91. The number of hydrogen-bond acceptors (Lipinski definition) is 2. The van der Waals surface area contributed by atoms with Crippen LogP contribution >= 0.6 is 59.7 Å². The van der Waals surface area contributed by atoms with Crippen molar-refractivity contribution in [2.24, 2.45) is 0 Å². The molecule has 0 amide bonds. The minimum atomic E-state index is -0.373. The summed E-state index contributed by atoms with van der Waals surface area (Å²) in [7, 11) is 0. The number of para-hydroxylation sites is 1. The first-order chi connectivity index (χ1) is 6.56. The number of alkyl halides is 3. The highest BCUT2D eigenvalue weighted by atomic mass is 80.0. The first-order valence-electron chi connectivity index (χ1n) is 3.75. The van der Waals surface area contributed by atoms with Crippen molar-refractivity contribution in [3.05, 3.63) is 30.5 Å². The third kappa shape index (κ3) is 2.53. The first kappa shape index (κ1) is 11.0. The summed E-state index contributed by atoms with van der Waals surface area (Å²) in [6.07, 6.45) is 1.85. The number of halogens is 3. The molecule has 0 bridgehead atoms. The van der Waals surface area contributed by atoms with Gasteiger partial charge in [0.15, 0.2) is 0 Å². The maximum absolute atomic E-state index is 4.27. The van der Waals surface area contributed by atoms with Crippen LogP contribution in [-0.4, -0.2) is 10.7 Å². The minimum Gasteiger partial charge on any atom is -0.203 e. The molecule has 2 nitrogen and oxygen atoms in total. The Labute approximate surface area is 111 Å².